The first kappa shape index (κ1) is 8.87. The van der Waals surface area contributed by atoms with E-state index in [0.29, 0.717) is 0 Å². The molecule has 0 fully saturated rings. The Bertz CT molecular complexity index is 271. The van der Waals surface area contributed by atoms with Gasteiger partial charge in [0.15, 0.2) is 11.5 Å². The number of nitrogens with one attached hydrogen (secondary N) is 1. The molecule has 0 aliphatic carbocycles. The molecule has 3 N–H and O–H groups in total. The molecule has 1 rings (SSSR count). The van der Waals surface area contributed by atoms with Crippen molar-refractivity contribution >= 4 is 0 Å². The summed E-state index contributed by atoms with van der Waals surface area (Å²) >= 11 is 0. The van der Waals surface area contributed by atoms with E-state index in [2.05, 4.69) is 0 Å². The van der Waals surface area contributed by atoms with Crippen molar-refractivity contribution in [3.05, 3.63) is 23.8 Å². The minimum atomic E-state index is -0.0625. The number of quaternary nitrogens is 1. The van der Waals surface area contributed by atoms with Crippen LogP contribution in [0.4, 0.5) is 0 Å². The molecule has 0 saturated carbocycles. The van der Waals surface area contributed by atoms with Crippen molar-refractivity contribution in [1.29, 1.82) is 0 Å². The number of phenolic OH excluding ortho intramolecular Hbond substituents is 2. The van der Waals surface area contributed by atoms with Crippen LogP contribution in [-0.4, -0.2) is 24.3 Å². The second kappa shape index (κ2) is 3.45. The minimum Gasteiger partial charge on any atom is -0.504 e. The number of rotatable bonds is 2. The first-order valence-corrected chi connectivity index (χ1v) is 3.89. The van der Waals surface area contributed by atoms with E-state index in [0.717, 1.165) is 12.1 Å². The Kier molecular flexibility index (Phi) is 2.55. The molecule has 0 atom stereocenters. The van der Waals surface area contributed by atoms with Crippen LogP contribution in [0.5, 0.6) is 11.5 Å². The van der Waals surface area contributed by atoms with Gasteiger partial charge in [-0.15, -0.1) is 0 Å². The molecule has 0 radical (unpaired) electrons. The first-order valence-electron chi connectivity index (χ1n) is 3.89. The second-order valence-electron chi connectivity index (χ2n) is 3.21. The van der Waals surface area contributed by atoms with Crippen LogP contribution in [0.2, 0.25) is 0 Å². The molecular formula is C9H14NO2+. The maximum absolute atomic E-state index is 9.15. The van der Waals surface area contributed by atoms with Crippen molar-refractivity contribution in [3.63, 3.8) is 0 Å². The second-order valence-corrected chi connectivity index (χ2v) is 3.21. The number of benzene rings is 1. The van der Waals surface area contributed by atoms with E-state index in [9.17, 15) is 0 Å². The fourth-order valence-corrected chi connectivity index (χ4v) is 1.09. The summed E-state index contributed by atoms with van der Waals surface area (Å²) in [6.07, 6.45) is 0. The van der Waals surface area contributed by atoms with Gasteiger partial charge in [0, 0.05) is 5.56 Å². The molecule has 1 aromatic rings. The van der Waals surface area contributed by atoms with Crippen molar-refractivity contribution < 1.29 is 15.1 Å². The van der Waals surface area contributed by atoms with Gasteiger partial charge in [0.05, 0.1) is 14.1 Å². The maximum Gasteiger partial charge on any atom is 0.157 e. The van der Waals surface area contributed by atoms with Crippen molar-refractivity contribution in [2.75, 3.05) is 14.1 Å². The molecule has 0 unspecified atom stereocenters. The number of hydrogen-bond acceptors (Lipinski definition) is 2. The van der Waals surface area contributed by atoms with Gasteiger partial charge in [0.25, 0.3) is 0 Å². The van der Waals surface area contributed by atoms with E-state index in [1.54, 1.807) is 6.07 Å². The summed E-state index contributed by atoms with van der Waals surface area (Å²) in [7, 11) is 4.06. The monoisotopic (exact) mass is 168 g/mol. The van der Waals surface area contributed by atoms with Crippen LogP contribution in [-0.2, 0) is 6.54 Å². The molecule has 3 heteroatoms. The lowest BCUT2D eigenvalue weighted by atomic mass is 10.2. The summed E-state index contributed by atoms with van der Waals surface area (Å²) in [5, 5.41) is 18.2. The highest BCUT2D eigenvalue weighted by Gasteiger charge is 2.02. The summed E-state index contributed by atoms with van der Waals surface area (Å²) in [5.74, 6) is -0.110. The standard InChI is InChI=1S/C9H13NO2/c1-10(2)6-7-3-4-8(11)9(12)5-7/h3-5,11-12H,6H2,1-2H3/p+1. The smallest absolute Gasteiger partial charge is 0.157 e. The molecule has 0 spiro atoms. The lowest BCUT2D eigenvalue weighted by Crippen LogP contribution is -3.04. The third-order valence-corrected chi connectivity index (χ3v) is 1.60. The normalized spacial score (nSPS) is 10.6. The molecule has 0 aliphatic heterocycles. The molecule has 66 valence electrons. The molecule has 0 heterocycles. The fourth-order valence-electron chi connectivity index (χ4n) is 1.09. The third-order valence-electron chi connectivity index (χ3n) is 1.60. The van der Waals surface area contributed by atoms with Crippen LogP contribution in [0.15, 0.2) is 18.2 Å². The average Bonchev–Trinajstić information content (AvgIpc) is 1.96. The SMILES string of the molecule is C[NH+](C)Cc1ccc(O)c(O)c1. The first-order chi connectivity index (χ1) is 5.59. The number of aromatic hydroxyl groups is 2. The topological polar surface area (TPSA) is 44.9 Å². The zero-order valence-corrected chi connectivity index (χ0v) is 7.33. The van der Waals surface area contributed by atoms with E-state index >= 15 is 0 Å². The van der Waals surface area contributed by atoms with Crippen molar-refractivity contribution in [3.8, 4) is 11.5 Å². The predicted octanol–water partition coefficient (Wildman–Crippen LogP) is -0.258. The molecule has 0 amide bonds. The van der Waals surface area contributed by atoms with E-state index in [1.165, 1.54) is 11.0 Å². The van der Waals surface area contributed by atoms with E-state index in [-0.39, 0.29) is 11.5 Å². The van der Waals surface area contributed by atoms with Crippen LogP contribution in [0.3, 0.4) is 0 Å². The third kappa shape index (κ3) is 2.13. The Morgan fingerprint density at radius 3 is 2.33 bits per heavy atom. The molecule has 0 bridgehead atoms. The van der Waals surface area contributed by atoms with Crippen LogP contribution in [0, 0.1) is 0 Å². The van der Waals surface area contributed by atoms with Crippen LogP contribution in [0.25, 0.3) is 0 Å². The lowest BCUT2D eigenvalue weighted by molar-refractivity contribution is -0.872. The highest BCUT2D eigenvalue weighted by molar-refractivity contribution is 5.40. The van der Waals surface area contributed by atoms with Crippen molar-refractivity contribution in [2.24, 2.45) is 0 Å². The molecule has 1 aromatic carbocycles. The summed E-state index contributed by atoms with van der Waals surface area (Å²) in [6, 6.07) is 4.90. The summed E-state index contributed by atoms with van der Waals surface area (Å²) < 4.78 is 0. The van der Waals surface area contributed by atoms with Crippen molar-refractivity contribution in [1.82, 2.24) is 0 Å². The molecule has 12 heavy (non-hydrogen) atoms. The van der Waals surface area contributed by atoms with Gasteiger partial charge in [-0.05, 0) is 18.2 Å². The van der Waals surface area contributed by atoms with Crippen molar-refractivity contribution in [2.45, 2.75) is 6.54 Å². The molecule has 0 aliphatic rings. The van der Waals surface area contributed by atoms with Gasteiger partial charge in [-0.3, -0.25) is 0 Å². The maximum atomic E-state index is 9.15. The number of phenols is 2. The largest absolute Gasteiger partial charge is 0.504 e. The van der Waals surface area contributed by atoms with E-state index < -0.39 is 0 Å². The Morgan fingerprint density at radius 1 is 1.17 bits per heavy atom. The average molecular weight is 168 g/mol. The molecular weight excluding hydrogens is 154 g/mol. The zero-order chi connectivity index (χ0) is 9.14. The lowest BCUT2D eigenvalue weighted by Gasteiger charge is -2.07. The number of hydrogen-bond donors (Lipinski definition) is 3. The Balaban J connectivity index is 2.82. The predicted molar refractivity (Wildman–Crippen MR) is 46.3 cm³/mol. The Labute approximate surface area is 71.9 Å². The minimum absolute atomic E-state index is 0.0475. The van der Waals surface area contributed by atoms with Crippen LogP contribution in [0.1, 0.15) is 5.56 Å². The van der Waals surface area contributed by atoms with E-state index in [4.69, 9.17) is 10.2 Å². The summed E-state index contributed by atoms with van der Waals surface area (Å²) in [5.41, 5.74) is 1.02. The van der Waals surface area contributed by atoms with E-state index in [1.807, 2.05) is 20.2 Å². The summed E-state index contributed by atoms with van der Waals surface area (Å²) in [6.45, 7) is 0.841. The van der Waals surface area contributed by atoms with Gasteiger partial charge in [-0.25, -0.2) is 0 Å². The zero-order valence-electron chi connectivity index (χ0n) is 7.33. The van der Waals surface area contributed by atoms with Gasteiger partial charge >= 0.3 is 0 Å². The molecule has 0 aromatic heterocycles. The quantitative estimate of drug-likeness (QED) is 0.533. The molecule has 0 saturated heterocycles. The Hall–Kier alpha value is -1.22. The Morgan fingerprint density at radius 2 is 1.83 bits per heavy atom. The van der Waals surface area contributed by atoms with Gasteiger partial charge in [-0.1, -0.05) is 0 Å². The highest BCUT2D eigenvalue weighted by atomic mass is 16.3. The fraction of sp³-hybridized carbons (Fsp3) is 0.333. The van der Waals surface area contributed by atoms with Gasteiger partial charge in [0.2, 0.25) is 0 Å². The summed E-state index contributed by atoms with van der Waals surface area (Å²) in [4.78, 5) is 1.28. The van der Waals surface area contributed by atoms with Crippen LogP contribution < -0.4 is 4.90 Å². The van der Waals surface area contributed by atoms with Crippen LogP contribution >= 0.6 is 0 Å². The van der Waals surface area contributed by atoms with Gasteiger partial charge in [-0.2, -0.15) is 0 Å². The van der Waals surface area contributed by atoms with Gasteiger partial charge < -0.3 is 15.1 Å². The molecule has 3 nitrogen and oxygen atoms in total. The van der Waals surface area contributed by atoms with Gasteiger partial charge in [0.1, 0.15) is 6.54 Å². The highest BCUT2D eigenvalue weighted by Crippen LogP contribution is 2.24.